The van der Waals surface area contributed by atoms with Crippen LogP contribution in [0.25, 0.3) is 22.5 Å². The van der Waals surface area contributed by atoms with Crippen molar-refractivity contribution in [2.75, 3.05) is 43.1 Å². The number of pyridine rings is 2. The highest BCUT2D eigenvalue weighted by molar-refractivity contribution is 7.59. The first-order chi connectivity index (χ1) is 24.0. The Labute approximate surface area is 302 Å². The van der Waals surface area contributed by atoms with Crippen LogP contribution in [0.1, 0.15) is 37.6 Å². The smallest absolute Gasteiger partial charge is 0.280 e. The molecule has 0 spiro atoms. The molecule has 0 unspecified atom stereocenters. The molecule has 0 bridgehead atoms. The predicted molar refractivity (Wildman–Crippen MR) is 202 cm³/mol. The third-order valence-corrected chi connectivity index (χ3v) is 10.6. The Morgan fingerprint density at radius 3 is 2.55 bits per heavy atom. The number of hydrogen-bond donors (Lipinski definition) is 2. The summed E-state index contributed by atoms with van der Waals surface area (Å²) in [5.74, 6) is -0.158. The van der Waals surface area contributed by atoms with Gasteiger partial charge in [0.2, 0.25) is 0 Å². The highest BCUT2D eigenvalue weighted by atomic mass is 32.1. The highest BCUT2D eigenvalue weighted by Crippen LogP contribution is 2.37. The minimum absolute atomic E-state index is 0. The summed E-state index contributed by atoms with van der Waals surface area (Å²) in [6, 6.07) is 11.1. The lowest BCUT2D eigenvalue weighted by Gasteiger charge is -2.46. The van der Waals surface area contributed by atoms with Gasteiger partial charge in [-0.15, -0.1) is 0 Å². The monoisotopic (exact) mass is 713 g/mol. The van der Waals surface area contributed by atoms with Crippen LogP contribution in [0.3, 0.4) is 0 Å². The fraction of sp³-hybridized carbons (Fsp3) is 0.395. The first kappa shape index (κ1) is 35.0. The molecule has 5 aromatic rings. The van der Waals surface area contributed by atoms with E-state index in [1.54, 1.807) is 43.8 Å². The molecule has 3 aliphatic rings. The van der Waals surface area contributed by atoms with E-state index in [9.17, 15) is 14.7 Å². The van der Waals surface area contributed by atoms with Gasteiger partial charge in [-0.2, -0.15) is 13.5 Å². The Morgan fingerprint density at radius 2 is 1.84 bits per heavy atom. The third kappa shape index (κ3) is 6.15. The van der Waals surface area contributed by atoms with Crippen molar-refractivity contribution in [2.45, 2.75) is 52.3 Å². The topological polar surface area (TPSA) is 109 Å². The van der Waals surface area contributed by atoms with Gasteiger partial charge in [0.25, 0.3) is 11.1 Å². The van der Waals surface area contributed by atoms with Crippen LogP contribution >= 0.6 is 13.5 Å². The largest absolute Gasteiger partial charge is 0.392 e. The van der Waals surface area contributed by atoms with E-state index in [4.69, 9.17) is 4.74 Å². The molecular weight excluding hydrogens is 670 g/mol. The number of rotatable bonds is 7. The van der Waals surface area contributed by atoms with Crippen molar-refractivity contribution in [2.24, 2.45) is 12.5 Å². The number of nitrogens with zero attached hydrogens (tertiary/aromatic N) is 6. The summed E-state index contributed by atoms with van der Waals surface area (Å²) < 4.78 is 25.9. The number of nitrogens with one attached hydrogen (secondary N) is 1. The zero-order valence-electron chi connectivity index (χ0n) is 29.3. The fourth-order valence-electron chi connectivity index (χ4n) is 7.96. The summed E-state index contributed by atoms with van der Waals surface area (Å²) >= 11 is 0. The molecule has 2 aliphatic heterocycles. The number of anilines is 3. The van der Waals surface area contributed by atoms with E-state index in [0.717, 1.165) is 57.1 Å². The number of ether oxygens (including phenoxy) is 1. The maximum Gasteiger partial charge on any atom is 0.280 e. The zero-order valence-corrected chi connectivity index (χ0v) is 30.3. The molecule has 2 saturated heterocycles. The summed E-state index contributed by atoms with van der Waals surface area (Å²) in [5.41, 5.74) is 5.25. The quantitative estimate of drug-likeness (QED) is 0.256. The predicted octanol–water partition coefficient (Wildman–Crippen LogP) is 4.37. The second kappa shape index (κ2) is 13.3. The lowest BCUT2D eigenvalue weighted by molar-refractivity contribution is -0.0691. The van der Waals surface area contributed by atoms with E-state index in [1.165, 1.54) is 20.8 Å². The van der Waals surface area contributed by atoms with Crippen molar-refractivity contribution in [1.82, 2.24) is 23.4 Å². The zero-order chi connectivity index (χ0) is 34.9. The van der Waals surface area contributed by atoms with Crippen molar-refractivity contribution in [1.29, 1.82) is 0 Å². The molecule has 1 aromatic carbocycles. The summed E-state index contributed by atoms with van der Waals surface area (Å²) in [6.45, 7) is 10.3. The molecule has 6 heterocycles. The maximum atomic E-state index is 15.6. The van der Waals surface area contributed by atoms with E-state index in [-0.39, 0.29) is 47.4 Å². The van der Waals surface area contributed by atoms with Crippen LogP contribution in [0.4, 0.5) is 21.5 Å². The molecule has 2 N–H and O–H groups in total. The van der Waals surface area contributed by atoms with Gasteiger partial charge in [-0.05, 0) is 72.7 Å². The molecule has 0 radical (unpaired) electrons. The van der Waals surface area contributed by atoms with Crippen molar-refractivity contribution in [3.05, 3.63) is 105 Å². The number of aliphatic hydroxyl groups is 1. The Bertz CT molecular complexity index is 2260. The van der Waals surface area contributed by atoms with Gasteiger partial charge in [0, 0.05) is 80.0 Å². The molecule has 13 heteroatoms. The van der Waals surface area contributed by atoms with Gasteiger partial charge in [0.1, 0.15) is 22.8 Å². The van der Waals surface area contributed by atoms with Gasteiger partial charge in [-0.3, -0.25) is 19.1 Å². The van der Waals surface area contributed by atoms with Crippen LogP contribution in [-0.2, 0) is 31.2 Å². The minimum Gasteiger partial charge on any atom is -0.392 e. The Balaban J connectivity index is 0.00000406. The standard InChI is InChI=1S/C38H42FN7O4.H2S/c1-23-18-43(27-21-50-22-27)9-10-44(23)26-5-6-31(30(39)15-26)41-32-13-25(19-42(4)36(32)48)28-7-8-40-35(29(28)20-47)46-12-11-45-33(37(46)49)14-24-16-38(2,3)17-34(24)45;/h5-8,11-15,19,23,27,41,47H,9-10,16-18,20-22H2,1-4H3;1H2/t23-;/m0./s1. The lowest BCUT2D eigenvalue weighted by Crippen LogP contribution is -2.59. The number of piperazine rings is 1. The van der Waals surface area contributed by atoms with E-state index >= 15 is 4.39 Å². The van der Waals surface area contributed by atoms with Gasteiger partial charge in [0.05, 0.1) is 31.5 Å². The maximum absolute atomic E-state index is 15.6. The summed E-state index contributed by atoms with van der Waals surface area (Å²) in [4.78, 5) is 36.3. The van der Waals surface area contributed by atoms with Gasteiger partial charge in [-0.1, -0.05) is 13.8 Å². The molecule has 0 amide bonds. The van der Waals surface area contributed by atoms with Crippen molar-refractivity contribution < 1.29 is 14.2 Å². The molecule has 268 valence electrons. The molecule has 2 fully saturated rings. The third-order valence-electron chi connectivity index (χ3n) is 10.6. The molecule has 8 rings (SSSR count). The second-order valence-electron chi connectivity index (χ2n) is 14.8. The Kier molecular flexibility index (Phi) is 9.11. The fourth-order valence-corrected chi connectivity index (χ4v) is 7.96. The summed E-state index contributed by atoms with van der Waals surface area (Å²) in [5, 5.41) is 13.7. The number of hydrogen-bond acceptors (Lipinski definition) is 8. The molecule has 4 aromatic heterocycles. The van der Waals surface area contributed by atoms with Crippen molar-refractivity contribution in [3.8, 4) is 16.9 Å². The Morgan fingerprint density at radius 1 is 1.04 bits per heavy atom. The van der Waals surface area contributed by atoms with Crippen LogP contribution in [0.5, 0.6) is 0 Å². The van der Waals surface area contributed by atoms with Crippen LogP contribution < -0.4 is 21.3 Å². The van der Waals surface area contributed by atoms with Crippen molar-refractivity contribution in [3.63, 3.8) is 0 Å². The number of aryl methyl sites for hydroxylation is 1. The molecule has 51 heavy (non-hydrogen) atoms. The van der Waals surface area contributed by atoms with Gasteiger partial charge in [0.15, 0.2) is 0 Å². The van der Waals surface area contributed by atoms with E-state index in [1.807, 2.05) is 22.7 Å². The first-order valence-corrected chi connectivity index (χ1v) is 17.2. The number of halogens is 1. The normalized spacial score (nSPS) is 18.8. The number of aliphatic hydroxyl groups excluding tert-OH is 1. The average Bonchev–Trinajstić information content (AvgIpc) is 3.55. The van der Waals surface area contributed by atoms with E-state index in [0.29, 0.717) is 34.1 Å². The van der Waals surface area contributed by atoms with Gasteiger partial charge < -0.3 is 29.0 Å². The summed E-state index contributed by atoms with van der Waals surface area (Å²) in [7, 11) is 1.62. The molecule has 1 aliphatic carbocycles. The Hall–Kier alpha value is -4.43. The van der Waals surface area contributed by atoms with Crippen LogP contribution in [0.2, 0.25) is 0 Å². The minimum atomic E-state index is -0.464. The lowest BCUT2D eigenvalue weighted by atomic mass is 9.90. The molecule has 0 saturated carbocycles. The highest BCUT2D eigenvalue weighted by Gasteiger charge is 2.33. The average molecular weight is 714 g/mol. The number of benzene rings is 1. The number of aromatic nitrogens is 4. The SMILES string of the molecule is C[C@H]1CN(C2COC2)CCN1c1ccc(Nc2cc(-c3ccnc(-n4ccn5c6c(cc5c4=O)CC(C)(C)C6)c3CO)cn(C)c2=O)c(F)c1.S. The molecule has 11 nitrogen and oxygen atoms in total. The second-order valence-corrected chi connectivity index (χ2v) is 14.8. The van der Waals surface area contributed by atoms with Crippen LogP contribution in [-0.4, -0.2) is 73.5 Å². The number of fused-ring (bicyclic) bond motifs is 3. The first-order valence-electron chi connectivity index (χ1n) is 17.2. The van der Waals surface area contributed by atoms with Crippen LogP contribution in [0, 0.1) is 11.2 Å². The van der Waals surface area contributed by atoms with Gasteiger partial charge >= 0.3 is 0 Å². The van der Waals surface area contributed by atoms with E-state index < -0.39 is 12.4 Å². The van der Waals surface area contributed by atoms with Crippen LogP contribution in [0.15, 0.2) is 70.8 Å². The molecule has 1 atom stereocenters. The molecular formula is C38H44FN7O4S. The van der Waals surface area contributed by atoms with Gasteiger partial charge in [-0.25, -0.2) is 9.37 Å². The van der Waals surface area contributed by atoms with Crippen molar-refractivity contribution >= 4 is 36.1 Å². The summed E-state index contributed by atoms with van der Waals surface area (Å²) in [6.07, 6.45) is 8.61. The van der Waals surface area contributed by atoms with E-state index in [2.05, 4.69) is 40.9 Å².